The van der Waals surface area contributed by atoms with E-state index in [4.69, 9.17) is 5.73 Å². The van der Waals surface area contributed by atoms with Crippen molar-refractivity contribution in [1.29, 1.82) is 0 Å². The van der Waals surface area contributed by atoms with Gasteiger partial charge in [0.1, 0.15) is 6.17 Å². The van der Waals surface area contributed by atoms with Gasteiger partial charge in [-0.25, -0.2) is 4.39 Å². The topological polar surface area (TPSA) is 55.1 Å². The summed E-state index contributed by atoms with van der Waals surface area (Å²) in [6.07, 6.45) is -1.08. The first-order valence-corrected chi connectivity index (χ1v) is 2.86. The predicted octanol–water partition coefficient (Wildman–Crippen LogP) is -0.971. The molecule has 4 heteroatoms. The predicted molar refractivity (Wildman–Crippen MR) is 30.5 cm³/mol. The van der Waals surface area contributed by atoms with Gasteiger partial charge in [0.2, 0.25) is 5.91 Å². The van der Waals surface area contributed by atoms with Crippen molar-refractivity contribution >= 4 is 5.91 Å². The molecular formula is C5H9FN2O. The van der Waals surface area contributed by atoms with E-state index in [1.165, 1.54) is 0 Å². The Morgan fingerprint density at radius 3 is 2.56 bits per heavy atom. The number of amides is 1. The van der Waals surface area contributed by atoms with Gasteiger partial charge in [-0.3, -0.25) is 4.79 Å². The van der Waals surface area contributed by atoms with Gasteiger partial charge in [0.05, 0.1) is 5.92 Å². The highest BCUT2D eigenvalue weighted by molar-refractivity contribution is 5.77. The minimum Gasteiger partial charge on any atom is -0.369 e. The van der Waals surface area contributed by atoms with E-state index in [0.29, 0.717) is 6.54 Å². The van der Waals surface area contributed by atoms with Gasteiger partial charge in [-0.05, 0) is 0 Å². The molecule has 0 unspecified atom stereocenters. The Morgan fingerprint density at radius 2 is 2.33 bits per heavy atom. The maximum absolute atomic E-state index is 12.5. The van der Waals surface area contributed by atoms with Crippen LogP contribution in [0.25, 0.3) is 0 Å². The second-order valence-corrected chi connectivity index (χ2v) is 2.18. The number of halogens is 1. The highest BCUT2D eigenvalue weighted by Gasteiger charge is 2.30. The first kappa shape index (κ1) is 6.48. The number of alkyl halides is 1. The van der Waals surface area contributed by atoms with E-state index >= 15 is 0 Å². The lowest BCUT2D eigenvalue weighted by Crippen LogP contribution is -2.30. The zero-order chi connectivity index (χ0) is 6.85. The Balaban J connectivity index is 2.49. The fourth-order valence-electron chi connectivity index (χ4n) is 0.926. The zero-order valence-electron chi connectivity index (χ0n) is 4.93. The minimum absolute atomic E-state index is 0.258. The van der Waals surface area contributed by atoms with E-state index in [1.54, 1.807) is 0 Å². The molecule has 0 bridgehead atoms. The molecule has 0 aromatic heterocycles. The van der Waals surface area contributed by atoms with Crippen molar-refractivity contribution in [2.24, 2.45) is 11.7 Å². The maximum Gasteiger partial charge on any atom is 0.224 e. The van der Waals surface area contributed by atoms with E-state index in [9.17, 15) is 9.18 Å². The Hall–Kier alpha value is -0.640. The molecule has 1 fully saturated rings. The molecule has 1 aliphatic rings. The molecule has 1 amide bonds. The van der Waals surface area contributed by atoms with Crippen LogP contribution in [0.4, 0.5) is 4.39 Å². The molecule has 3 N–H and O–H groups in total. The maximum atomic E-state index is 12.5. The molecule has 0 saturated carbocycles. The van der Waals surface area contributed by atoms with Crippen LogP contribution in [-0.2, 0) is 4.79 Å². The highest BCUT2D eigenvalue weighted by Crippen LogP contribution is 2.10. The fourth-order valence-corrected chi connectivity index (χ4v) is 0.926. The van der Waals surface area contributed by atoms with Crippen LogP contribution in [0.1, 0.15) is 0 Å². The summed E-state index contributed by atoms with van der Waals surface area (Å²) in [7, 11) is 0. The lowest BCUT2D eigenvalue weighted by molar-refractivity contribution is -0.122. The van der Waals surface area contributed by atoms with Crippen molar-refractivity contribution in [3.8, 4) is 0 Å². The molecule has 1 rings (SSSR count). The fraction of sp³-hybridized carbons (Fsp3) is 0.800. The average Bonchev–Trinajstić information content (AvgIpc) is 2.13. The van der Waals surface area contributed by atoms with Crippen LogP contribution in [0.15, 0.2) is 0 Å². The normalized spacial score (nSPS) is 34.8. The van der Waals surface area contributed by atoms with Gasteiger partial charge in [0, 0.05) is 13.1 Å². The Bertz CT molecular complexity index is 128. The van der Waals surface area contributed by atoms with Gasteiger partial charge in [0.25, 0.3) is 0 Å². The zero-order valence-corrected chi connectivity index (χ0v) is 4.93. The van der Waals surface area contributed by atoms with Crippen molar-refractivity contribution in [3.63, 3.8) is 0 Å². The molecule has 3 nitrogen and oxygen atoms in total. The Kier molecular flexibility index (Phi) is 1.66. The number of carbonyl (C=O) groups excluding carboxylic acids is 1. The molecule has 0 aliphatic carbocycles. The lowest BCUT2D eigenvalue weighted by Gasteiger charge is -2.03. The third-order valence-corrected chi connectivity index (χ3v) is 1.51. The van der Waals surface area contributed by atoms with Crippen molar-refractivity contribution in [2.75, 3.05) is 13.1 Å². The molecule has 0 spiro atoms. The van der Waals surface area contributed by atoms with Crippen LogP contribution >= 0.6 is 0 Å². The van der Waals surface area contributed by atoms with Crippen LogP contribution in [0.2, 0.25) is 0 Å². The minimum atomic E-state index is -1.08. The van der Waals surface area contributed by atoms with E-state index in [-0.39, 0.29) is 6.54 Å². The van der Waals surface area contributed by atoms with E-state index < -0.39 is 18.0 Å². The second-order valence-electron chi connectivity index (χ2n) is 2.18. The number of rotatable bonds is 1. The molecular weight excluding hydrogens is 123 g/mol. The summed E-state index contributed by atoms with van der Waals surface area (Å²) < 4.78 is 12.5. The van der Waals surface area contributed by atoms with E-state index in [1.807, 2.05) is 0 Å². The molecule has 1 saturated heterocycles. The van der Waals surface area contributed by atoms with Gasteiger partial charge in [0.15, 0.2) is 0 Å². The molecule has 2 atom stereocenters. The quantitative estimate of drug-likeness (QED) is 0.482. The van der Waals surface area contributed by atoms with Crippen molar-refractivity contribution in [3.05, 3.63) is 0 Å². The molecule has 52 valence electrons. The summed E-state index contributed by atoms with van der Waals surface area (Å²) in [5, 5.41) is 2.73. The first-order valence-electron chi connectivity index (χ1n) is 2.86. The largest absolute Gasteiger partial charge is 0.369 e. The van der Waals surface area contributed by atoms with Crippen LogP contribution in [-0.4, -0.2) is 25.2 Å². The number of hydrogen-bond donors (Lipinski definition) is 2. The summed E-state index contributed by atoms with van der Waals surface area (Å²) in [6.45, 7) is 0.643. The van der Waals surface area contributed by atoms with Crippen LogP contribution in [0, 0.1) is 5.92 Å². The highest BCUT2D eigenvalue weighted by atomic mass is 19.1. The van der Waals surface area contributed by atoms with E-state index in [2.05, 4.69) is 5.32 Å². The Labute approximate surface area is 52.4 Å². The van der Waals surface area contributed by atoms with Gasteiger partial charge >= 0.3 is 0 Å². The monoisotopic (exact) mass is 132 g/mol. The van der Waals surface area contributed by atoms with Crippen LogP contribution in [0.3, 0.4) is 0 Å². The molecule has 9 heavy (non-hydrogen) atoms. The summed E-state index contributed by atoms with van der Waals surface area (Å²) in [5.41, 5.74) is 4.87. The lowest BCUT2D eigenvalue weighted by atomic mass is 10.1. The third-order valence-electron chi connectivity index (χ3n) is 1.51. The Morgan fingerprint density at radius 1 is 1.67 bits per heavy atom. The van der Waals surface area contributed by atoms with Crippen LogP contribution in [0.5, 0.6) is 0 Å². The molecule has 0 aromatic rings. The van der Waals surface area contributed by atoms with Crippen molar-refractivity contribution in [2.45, 2.75) is 6.17 Å². The molecule has 0 radical (unpaired) electrons. The number of nitrogens with one attached hydrogen (secondary N) is 1. The second kappa shape index (κ2) is 2.31. The summed E-state index contributed by atoms with van der Waals surface area (Å²) in [5.74, 6) is -1.16. The summed E-state index contributed by atoms with van der Waals surface area (Å²) in [6, 6.07) is 0. The first-order chi connectivity index (χ1) is 4.22. The standard InChI is InChI=1S/C5H9FN2O/c6-4-2-8-1-3(4)5(7)9/h3-4,8H,1-2H2,(H2,7,9)/t3-,4+/m1/s1. The van der Waals surface area contributed by atoms with Crippen molar-refractivity contribution < 1.29 is 9.18 Å². The number of primary amides is 1. The molecule has 0 aromatic carbocycles. The summed E-state index contributed by atoms with van der Waals surface area (Å²) >= 11 is 0. The average molecular weight is 132 g/mol. The number of hydrogen-bond acceptors (Lipinski definition) is 2. The van der Waals surface area contributed by atoms with Crippen LogP contribution < -0.4 is 11.1 Å². The number of carbonyl (C=O) groups is 1. The van der Waals surface area contributed by atoms with E-state index in [0.717, 1.165) is 0 Å². The SMILES string of the molecule is NC(=O)[C@@H]1CNC[C@@H]1F. The van der Waals surface area contributed by atoms with Gasteiger partial charge in [-0.2, -0.15) is 0 Å². The smallest absolute Gasteiger partial charge is 0.224 e. The molecule has 1 aliphatic heterocycles. The molecule has 1 heterocycles. The van der Waals surface area contributed by atoms with Crippen molar-refractivity contribution in [1.82, 2.24) is 5.32 Å². The van der Waals surface area contributed by atoms with Gasteiger partial charge in [-0.1, -0.05) is 0 Å². The van der Waals surface area contributed by atoms with Gasteiger partial charge in [-0.15, -0.1) is 0 Å². The summed E-state index contributed by atoms with van der Waals surface area (Å²) in [4.78, 5) is 10.4. The third kappa shape index (κ3) is 1.18. The number of nitrogens with two attached hydrogens (primary N) is 1. The van der Waals surface area contributed by atoms with Gasteiger partial charge < -0.3 is 11.1 Å².